The largest absolute Gasteiger partial charge is 0.264 e. The highest BCUT2D eigenvalue weighted by Crippen LogP contribution is 2.19. The highest BCUT2D eigenvalue weighted by molar-refractivity contribution is 7.86. The van der Waals surface area contributed by atoms with Crippen molar-refractivity contribution in [1.29, 1.82) is 0 Å². The van der Waals surface area contributed by atoms with Gasteiger partial charge in [-0.1, -0.05) is 31.2 Å². The Morgan fingerprint density at radius 2 is 2.07 bits per heavy atom. The summed E-state index contributed by atoms with van der Waals surface area (Å²) in [6.07, 6.45) is 1.57. The van der Waals surface area contributed by atoms with Crippen molar-refractivity contribution in [2.24, 2.45) is 0 Å². The standard InChI is InChI=1S/C11H16O3S/c1-4-10-6-5-7-11(8-10)9(2)14-15(3,12)13/h5-9H,4H2,1-3H3/t9-/m1/s1. The van der Waals surface area contributed by atoms with Crippen LogP contribution < -0.4 is 0 Å². The lowest BCUT2D eigenvalue weighted by atomic mass is 10.1. The summed E-state index contributed by atoms with van der Waals surface area (Å²) in [7, 11) is -3.39. The van der Waals surface area contributed by atoms with Crippen molar-refractivity contribution in [3.8, 4) is 0 Å². The molecule has 1 aromatic rings. The van der Waals surface area contributed by atoms with E-state index in [4.69, 9.17) is 4.18 Å². The van der Waals surface area contributed by atoms with Gasteiger partial charge in [-0.3, -0.25) is 4.18 Å². The van der Waals surface area contributed by atoms with Crippen LogP contribution in [0.5, 0.6) is 0 Å². The van der Waals surface area contributed by atoms with E-state index >= 15 is 0 Å². The Morgan fingerprint density at radius 3 is 2.60 bits per heavy atom. The molecule has 1 rings (SSSR count). The third kappa shape index (κ3) is 4.01. The Hall–Kier alpha value is -0.870. The highest BCUT2D eigenvalue weighted by atomic mass is 32.2. The molecule has 1 aromatic carbocycles. The van der Waals surface area contributed by atoms with Gasteiger partial charge in [0.2, 0.25) is 0 Å². The molecular weight excluding hydrogens is 212 g/mol. The fourth-order valence-corrected chi connectivity index (χ4v) is 2.02. The summed E-state index contributed by atoms with van der Waals surface area (Å²) >= 11 is 0. The molecule has 0 spiro atoms. The van der Waals surface area contributed by atoms with Crippen LogP contribution in [-0.4, -0.2) is 14.7 Å². The van der Waals surface area contributed by atoms with E-state index < -0.39 is 16.2 Å². The zero-order valence-electron chi connectivity index (χ0n) is 9.23. The Morgan fingerprint density at radius 1 is 1.40 bits per heavy atom. The molecule has 0 radical (unpaired) electrons. The molecule has 84 valence electrons. The van der Waals surface area contributed by atoms with Crippen molar-refractivity contribution in [2.75, 3.05) is 6.26 Å². The molecule has 0 aromatic heterocycles. The van der Waals surface area contributed by atoms with E-state index in [1.54, 1.807) is 6.92 Å². The molecule has 0 aliphatic carbocycles. The summed E-state index contributed by atoms with van der Waals surface area (Å²) in [6, 6.07) is 7.76. The van der Waals surface area contributed by atoms with Crippen LogP contribution >= 0.6 is 0 Å². The first-order chi connectivity index (χ1) is 6.92. The molecule has 0 amide bonds. The highest BCUT2D eigenvalue weighted by Gasteiger charge is 2.12. The molecule has 4 heteroatoms. The van der Waals surface area contributed by atoms with Crippen LogP contribution in [0.2, 0.25) is 0 Å². The Bertz CT molecular complexity index is 423. The molecule has 1 atom stereocenters. The fraction of sp³-hybridized carbons (Fsp3) is 0.455. The summed E-state index contributed by atoms with van der Waals surface area (Å²) in [5, 5.41) is 0. The quantitative estimate of drug-likeness (QED) is 0.743. The second-order valence-electron chi connectivity index (χ2n) is 3.54. The minimum atomic E-state index is -3.39. The van der Waals surface area contributed by atoms with Crippen molar-refractivity contribution in [2.45, 2.75) is 26.4 Å². The molecule has 0 bridgehead atoms. The van der Waals surface area contributed by atoms with Gasteiger partial charge in [-0.05, 0) is 24.5 Å². The summed E-state index contributed by atoms with van der Waals surface area (Å²) in [5.74, 6) is 0. The lowest BCUT2D eigenvalue weighted by Crippen LogP contribution is -2.07. The minimum Gasteiger partial charge on any atom is -0.262 e. The van der Waals surface area contributed by atoms with Crippen LogP contribution in [0.1, 0.15) is 31.1 Å². The average molecular weight is 228 g/mol. The van der Waals surface area contributed by atoms with Gasteiger partial charge in [-0.25, -0.2) is 0 Å². The number of benzene rings is 1. The monoisotopic (exact) mass is 228 g/mol. The molecule has 0 saturated carbocycles. The van der Waals surface area contributed by atoms with E-state index in [0.717, 1.165) is 18.2 Å². The molecule has 15 heavy (non-hydrogen) atoms. The zero-order valence-corrected chi connectivity index (χ0v) is 10.0. The third-order valence-corrected chi connectivity index (χ3v) is 2.79. The van der Waals surface area contributed by atoms with Gasteiger partial charge >= 0.3 is 0 Å². The van der Waals surface area contributed by atoms with Crippen LogP contribution in [0, 0.1) is 0 Å². The third-order valence-electron chi connectivity index (χ3n) is 2.15. The SMILES string of the molecule is CCc1cccc([C@@H](C)OS(C)(=O)=O)c1. The van der Waals surface area contributed by atoms with Crippen LogP contribution in [0.15, 0.2) is 24.3 Å². The van der Waals surface area contributed by atoms with E-state index in [2.05, 4.69) is 6.92 Å². The van der Waals surface area contributed by atoms with Gasteiger partial charge in [-0.2, -0.15) is 8.42 Å². The lowest BCUT2D eigenvalue weighted by molar-refractivity contribution is 0.236. The first kappa shape index (κ1) is 12.2. The van der Waals surface area contributed by atoms with E-state index in [-0.39, 0.29) is 0 Å². The average Bonchev–Trinajstić information content (AvgIpc) is 2.15. The molecule has 0 saturated heterocycles. The predicted octanol–water partition coefficient (Wildman–Crippen LogP) is 2.29. The summed E-state index contributed by atoms with van der Waals surface area (Å²) in [5.41, 5.74) is 2.07. The van der Waals surface area contributed by atoms with Gasteiger partial charge in [-0.15, -0.1) is 0 Å². The van der Waals surface area contributed by atoms with Crippen LogP contribution in [0.25, 0.3) is 0 Å². The van der Waals surface area contributed by atoms with Gasteiger partial charge < -0.3 is 0 Å². The molecule has 3 nitrogen and oxygen atoms in total. The first-order valence-electron chi connectivity index (χ1n) is 4.89. The molecule has 0 aliphatic rings. The molecular formula is C11H16O3S. The normalized spacial score (nSPS) is 13.8. The Labute approximate surface area is 91.2 Å². The van der Waals surface area contributed by atoms with Crippen LogP contribution in [0.4, 0.5) is 0 Å². The van der Waals surface area contributed by atoms with E-state index in [9.17, 15) is 8.42 Å². The molecule has 0 N–H and O–H groups in total. The topological polar surface area (TPSA) is 43.4 Å². The maximum atomic E-state index is 10.9. The molecule has 0 unspecified atom stereocenters. The van der Waals surface area contributed by atoms with Crippen molar-refractivity contribution in [1.82, 2.24) is 0 Å². The van der Waals surface area contributed by atoms with Gasteiger partial charge in [0, 0.05) is 0 Å². The van der Waals surface area contributed by atoms with Gasteiger partial charge in [0.1, 0.15) is 0 Å². The Kier molecular flexibility index (Phi) is 3.88. The van der Waals surface area contributed by atoms with Crippen molar-refractivity contribution >= 4 is 10.1 Å². The number of aryl methyl sites for hydroxylation is 1. The van der Waals surface area contributed by atoms with Gasteiger partial charge in [0.15, 0.2) is 0 Å². The second-order valence-corrected chi connectivity index (χ2v) is 5.14. The van der Waals surface area contributed by atoms with Gasteiger partial charge in [0.25, 0.3) is 10.1 Å². The molecule has 0 heterocycles. The summed E-state index contributed by atoms with van der Waals surface area (Å²) in [6.45, 7) is 3.79. The van der Waals surface area contributed by atoms with Crippen LogP contribution in [0.3, 0.4) is 0 Å². The smallest absolute Gasteiger partial charge is 0.262 e. The number of hydrogen-bond donors (Lipinski definition) is 0. The second kappa shape index (κ2) is 4.77. The Balaban J connectivity index is 2.86. The minimum absolute atomic E-state index is 0.425. The summed E-state index contributed by atoms with van der Waals surface area (Å²) < 4.78 is 26.8. The van der Waals surface area contributed by atoms with E-state index in [0.29, 0.717) is 0 Å². The molecule has 0 aliphatic heterocycles. The zero-order chi connectivity index (χ0) is 11.5. The van der Waals surface area contributed by atoms with E-state index in [1.807, 2.05) is 24.3 Å². The van der Waals surface area contributed by atoms with Crippen molar-refractivity contribution in [3.05, 3.63) is 35.4 Å². The first-order valence-corrected chi connectivity index (χ1v) is 6.71. The predicted molar refractivity (Wildman–Crippen MR) is 60.2 cm³/mol. The fourth-order valence-electron chi connectivity index (χ4n) is 1.38. The van der Waals surface area contributed by atoms with Crippen LogP contribution in [-0.2, 0) is 20.7 Å². The lowest BCUT2D eigenvalue weighted by Gasteiger charge is -2.12. The molecule has 0 fully saturated rings. The van der Waals surface area contributed by atoms with E-state index in [1.165, 1.54) is 5.56 Å². The summed E-state index contributed by atoms with van der Waals surface area (Å²) in [4.78, 5) is 0. The maximum absolute atomic E-state index is 10.9. The number of rotatable bonds is 4. The maximum Gasteiger partial charge on any atom is 0.264 e. The number of hydrogen-bond acceptors (Lipinski definition) is 3. The van der Waals surface area contributed by atoms with Gasteiger partial charge in [0.05, 0.1) is 12.4 Å². The van der Waals surface area contributed by atoms with Crippen molar-refractivity contribution < 1.29 is 12.6 Å². The van der Waals surface area contributed by atoms with Crippen molar-refractivity contribution in [3.63, 3.8) is 0 Å².